The van der Waals surface area contributed by atoms with Crippen molar-refractivity contribution in [3.8, 4) is 0 Å². The molecule has 0 amide bonds. The van der Waals surface area contributed by atoms with Crippen LogP contribution in [0.4, 0.5) is 27.4 Å². The minimum Gasteiger partial charge on any atom is -0.393 e. The van der Waals surface area contributed by atoms with E-state index in [-0.39, 0.29) is 11.1 Å². The zero-order chi connectivity index (χ0) is 16.1. The van der Waals surface area contributed by atoms with Crippen LogP contribution in [-0.2, 0) is 4.74 Å². The number of anilines is 4. The summed E-state index contributed by atoms with van der Waals surface area (Å²) in [4.78, 5) is 8.19. The fraction of sp³-hybridized carbons (Fsp3) is 0.286. The molecule has 1 atom stereocenters. The van der Waals surface area contributed by atoms with Crippen LogP contribution in [0.3, 0.4) is 0 Å². The summed E-state index contributed by atoms with van der Waals surface area (Å²) < 4.78 is 18.2. The lowest BCUT2D eigenvalue weighted by molar-refractivity contribution is 0.190. The number of rotatable bonds is 6. The smallest absolute Gasteiger partial charge is 0.159 e. The van der Waals surface area contributed by atoms with Gasteiger partial charge < -0.3 is 21.1 Å². The molecule has 6 nitrogen and oxygen atoms in total. The molecule has 22 heavy (non-hydrogen) atoms. The average molecular weight is 326 g/mol. The minimum atomic E-state index is -0.487. The number of methoxy groups -OCH3 is 1. The highest BCUT2D eigenvalue weighted by atomic mass is 35.5. The number of ether oxygens (including phenoxy) is 1. The Hall–Kier alpha value is -2.12. The lowest BCUT2D eigenvalue weighted by Gasteiger charge is -2.16. The highest BCUT2D eigenvalue weighted by Gasteiger charge is 2.11. The first-order valence-electron chi connectivity index (χ1n) is 6.59. The third-order valence-corrected chi connectivity index (χ3v) is 3.16. The van der Waals surface area contributed by atoms with E-state index in [4.69, 9.17) is 22.1 Å². The molecule has 0 aliphatic rings. The van der Waals surface area contributed by atoms with Gasteiger partial charge in [0, 0.05) is 18.8 Å². The molecule has 0 saturated heterocycles. The van der Waals surface area contributed by atoms with Gasteiger partial charge in [-0.3, -0.25) is 0 Å². The van der Waals surface area contributed by atoms with Crippen molar-refractivity contribution >= 4 is 34.6 Å². The molecule has 118 valence electrons. The molecule has 1 aromatic heterocycles. The van der Waals surface area contributed by atoms with Crippen LogP contribution < -0.4 is 16.4 Å². The van der Waals surface area contributed by atoms with Gasteiger partial charge in [-0.25, -0.2) is 14.4 Å². The second-order valence-corrected chi connectivity index (χ2v) is 5.15. The van der Waals surface area contributed by atoms with Crippen LogP contribution in [0.15, 0.2) is 24.5 Å². The number of nitrogens with two attached hydrogens (primary N) is 1. The SMILES string of the molecule is COCC(C)Nc1ncnc(Nc2ccc(F)c(Cl)c2)c1N. The van der Waals surface area contributed by atoms with E-state index in [1.165, 1.54) is 18.5 Å². The molecule has 8 heteroatoms. The highest BCUT2D eigenvalue weighted by molar-refractivity contribution is 6.31. The van der Waals surface area contributed by atoms with E-state index in [1.807, 2.05) is 6.92 Å². The van der Waals surface area contributed by atoms with Crippen LogP contribution in [0.1, 0.15) is 6.92 Å². The molecule has 1 heterocycles. The number of halogens is 2. The van der Waals surface area contributed by atoms with Gasteiger partial charge in [0.15, 0.2) is 11.6 Å². The summed E-state index contributed by atoms with van der Waals surface area (Å²) in [7, 11) is 1.62. The fourth-order valence-corrected chi connectivity index (χ4v) is 2.03. The Morgan fingerprint density at radius 3 is 2.77 bits per heavy atom. The van der Waals surface area contributed by atoms with E-state index in [0.717, 1.165) is 0 Å². The average Bonchev–Trinajstić information content (AvgIpc) is 2.47. The number of hydrogen-bond acceptors (Lipinski definition) is 6. The molecule has 0 aliphatic carbocycles. The molecule has 0 spiro atoms. The Balaban J connectivity index is 2.19. The molecule has 0 bridgehead atoms. The molecular formula is C14H17ClFN5O. The third-order valence-electron chi connectivity index (χ3n) is 2.87. The van der Waals surface area contributed by atoms with E-state index in [2.05, 4.69) is 20.6 Å². The zero-order valence-corrected chi connectivity index (χ0v) is 13.0. The largest absolute Gasteiger partial charge is 0.393 e. The molecule has 0 aliphatic heterocycles. The third kappa shape index (κ3) is 3.96. The maximum absolute atomic E-state index is 13.2. The van der Waals surface area contributed by atoms with Crippen LogP contribution >= 0.6 is 11.6 Å². The van der Waals surface area contributed by atoms with Gasteiger partial charge in [0.05, 0.1) is 11.6 Å². The number of benzene rings is 1. The molecular weight excluding hydrogens is 309 g/mol. The summed E-state index contributed by atoms with van der Waals surface area (Å²) in [6.45, 7) is 2.46. The molecule has 2 rings (SSSR count). The molecule has 0 radical (unpaired) electrons. The van der Waals surface area contributed by atoms with Crippen molar-refractivity contribution in [2.24, 2.45) is 0 Å². The Bertz CT molecular complexity index is 655. The van der Waals surface area contributed by atoms with Gasteiger partial charge in [-0.15, -0.1) is 0 Å². The predicted octanol–water partition coefficient (Wildman–Crippen LogP) is 3.04. The number of nitrogens with zero attached hydrogens (tertiary/aromatic N) is 2. The van der Waals surface area contributed by atoms with E-state index in [9.17, 15) is 4.39 Å². The van der Waals surface area contributed by atoms with E-state index in [1.54, 1.807) is 13.2 Å². The normalized spacial score (nSPS) is 12.0. The Labute approximate surface area is 132 Å². The highest BCUT2D eigenvalue weighted by Crippen LogP contribution is 2.28. The second-order valence-electron chi connectivity index (χ2n) is 4.74. The number of nitrogen functional groups attached to an aromatic ring is 1. The standard InChI is InChI=1S/C14H17ClFN5O/c1-8(6-22-2)20-13-12(17)14(19-7-18-13)21-9-3-4-11(16)10(15)5-9/h3-5,7-8H,6,17H2,1-2H3,(H2,18,19,20,21). The van der Waals surface area contributed by atoms with Crippen molar-refractivity contribution in [3.63, 3.8) is 0 Å². The second kappa shape index (κ2) is 7.24. The summed E-state index contributed by atoms with van der Waals surface area (Å²) in [5, 5.41) is 6.14. The van der Waals surface area contributed by atoms with Gasteiger partial charge in [0.2, 0.25) is 0 Å². The lowest BCUT2D eigenvalue weighted by atomic mass is 10.3. The van der Waals surface area contributed by atoms with Crippen molar-refractivity contribution in [2.75, 3.05) is 30.1 Å². The van der Waals surface area contributed by atoms with Crippen molar-refractivity contribution in [1.82, 2.24) is 9.97 Å². The summed E-state index contributed by atoms with van der Waals surface area (Å²) >= 11 is 5.75. The molecule has 1 unspecified atom stereocenters. The summed E-state index contributed by atoms with van der Waals surface area (Å²) in [6.07, 6.45) is 1.38. The summed E-state index contributed by atoms with van der Waals surface area (Å²) in [6, 6.07) is 4.31. The van der Waals surface area contributed by atoms with Crippen LogP contribution in [-0.4, -0.2) is 29.7 Å². The van der Waals surface area contributed by atoms with Gasteiger partial charge in [-0.2, -0.15) is 0 Å². The first kappa shape index (κ1) is 16.3. The Morgan fingerprint density at radius 2 is 2.09 bits per heavy atom. The van der Waals surface area contributed by atoms with Crippen molar-refractivity contribution in [2.45, 2.75) is 13.0 Å². The van der Waals surface area contributed by atoms with Gasteiger partial charge >= 0.3 is 0 Å². The van der Waals surface area contributed by atoms with Crippen molar-refractivity contribution in [1.29, 1.82) is 0 Å². The first-order chi connectivity index (χ1) is 10.5. The summed E-state index contributed by atoms with van der Waals surface area (Å²) in [5.74, 6) is 0.415. The maximum Gasteiger partial charge on any atom is 0.159 e. The maximum atomic E-state index is 13.2. The predicted molar refractivity (Wildman–Crippen MR) is 86.1 cm³/mol. The van der Waals surface area contributed by atoms with Gasteiger partial charge in [-0.1, -0.05) is 11.6 Å². The van der Waals surface area contributed by atoms with Crippen LogP contribution in [0, 0.1) is 5.82 Å². The van der Waals surface area contributed by atoms with E-state index < -0.39 is 5.82 Å². The van der Waals surface area contributed by atoms with E-state index in [0.29, 0.717) is 29.6 Å². The van der Waals surface area contributed by atoms with Crippen LogP contribution in [0.5, 0.6) is 0 Å². The molecule has 4 N–H and O–H groups in total. The molecule has 0 saturated carbocycles. The monoisotopic (exact) mass is 325 g/mol. The van der Waals surface area contributed by atoms with Crippen molar-refractivity contribution < 1.29 is 9.13 Å². The minimum absolute atomic E-state index is 0.0182. The quantitative estimate of drug-likeness (QED) is 0.757. The topological polar surface area (TPSA) is 85.1 Å². The number of aromatic nitrogens is 2. The first-order valence-corrected chi connectivity index (χ1v) is 6.97. The lowest BCUT2D eigenvalue weighted by Crippen LogP contribution is -2.22. The van der Waals surface area contributed by atoms with Crippen LogP contribution in [0.2, 0.25) is 5.02 Å². The number of nitrogens with one attached hydrogen (secondary N) is 2. The number of hydrogen-bond donors (Lipinski definition) is 3. The van der Waals surface area contributed by atoms with E-state index >= 15 is 0 Å². The van der Waals surface area contributed by atoms with Gasteiger partial charge in [0.1, 0.15) is 17.8 Å². The van der Waals surface area contributed by atoms with Crippen molar-refractivity contribution in [3.05, 3.63) is 35.4 Å². The van der Waals surface area contributed by atoms with Crippen LogP contribution in [0.25, 0.3) is 0 Å². The summed E-state index contributed by atoms with van der Waals surface area (Å²) in [5.41, 5.74) is 6.97. The Morgan fingerprint density at radius 1 is 1.36 bits per heavy atom. The fourth-order valence-electron chi connectivity index (χ4n) is 1.85. The molecule has 0 fully saturated rings. The molecule has 1 aromatic carbocycles. The van der Waals surface area contributed by atoms with Gasteiger partial charge in [-0.05, 0) is 25.1 Å². The van der Waals surface area contributed by atoms with Gasteiger partial charge in [0.25, 0.3) is 0 Å². The molecule has 2 aromatic rings. The zero-order valence-electron chi connectivity index (χ0n) is 12.2. The Kier molecular flexibility index (Phi) is 5.35.